The number of rotatable bonds is 17. The Hall–Kier alpha value is -0.610. The molecule has 4 N–H and O–H groups in total. The molecule has 4 heteroatoms. The van der Waals surface area contributed by atoms with Gasteiger partial charge in [0.2, 0.25) is 0 Å². The zero-order valence-electron chi connectivity index (χ0n) is 19.5. The van der Waals surface area contributed by atoms with Gasteiger partial charge in [0.1, 0.15) is 6.54 Å². The molecule has 0 radical (unpaired) electrons. The quantitative estimate of drug-likeness (QED) is 0.269. The third-order valence-corrected chi connectivity index (χ3v) is 5.57. The minimum atomic E-state index is 0. The average Bonchev–Trinajstić information content (AvgIpc) is 2.62. The van der Waals surface area contributed by atoms with Crippen molar-refractivity contribution in [1.82, 2.24) is 0 Å². The summed E-state index contributed by atoms with van der Waals surface area (Å²) in [5.74, 6) is 0. The summed E-state index contributed by atoms with van der Waals surface area (Å²) in [7, 11) is 4.74. The predicted molar refractivity (Wildman–Crippen MR) is 125 cm³/mol. The van der Waals surface area contributed by atoms with Gasteiger partial charge in [0, 0.05) is 5.56 Å². The Morgan fingerprint density at radius 2 is 0.966 bits per heavy atom. The Balaban J connectivity index is -0.00000225. The largest absolute Gasteiger partial charge is 1.00 e. The van der Waals surface area contributed by atoms with Crippen molar-refractivity contribution in [2.45, 2.75) is 103 Å². The van der Waals surface area contributed by atoms with Crippen LogP contribution in [0, 0.1) is 0 Å². The molecule has 0 aliphatic carbocycles. The zero-order chi connectivity index (χ0) is 18.9. The summed E-state index contributed by atoms with van der Waals surface area (Å²) in [6.45, 7) is 4.75. The Labute approximate surface area is 187 Å². The lowest BCUT2D eigenvalue weighted by atomic mass is 10.0. The highest BCUT2D eigenvalue weighted by atomic mass is 35.5. The smallest absolute Gasteiger partial charge is 0.104 e. The van der Waals surface area contributed by atoms with E-state index in [4.69, 9.17) is 0 Å². The molecule has 0 heterocycles. The molecule has 0 saturated heterocycles. The van der Waals surface area contributed by atoms with Gasteiger partial charge in [-0.25, -0.2) is 0 Å². The number of benzene rings is 1. The molecule has 29 heavy (non-hydrogen) atoms. The lowest BCUT2D eigenvalue weighted by molar-refractivity contribution is -0.903. The maximum Gasteiger partial charge on any atom is 0.104 e. The van der Waals surface area contributed by atoms with Gasteiger partial charge in [0.25, 0.3) is 0 Å². The SMILES string of the molecule is CCCCCCCCCCCCCCCC[N+](C)(C)Cc1ccccc1.O.O.[Cl-]. The first kappa shape index (κ1) is 33.0. The number of halogens is 1. The van der Waals surface area contributed by atoms with E-state index in [-0.39, 0.29) is 23.4 Å². The molecule has 0 aromatic heterocycles. The summed E-state index contributed by atoms with van der Waals surface area (Å²) in [6, 6.07) is 10.9. The van der Waals surface area contributed by atoms with Crippen LogP contribution in [0.15, 0.2) is 30.3 Å². The minimum Gasteiger partial charge on any atom is -1.00 e. The number of quaternary nitrogens is 1. The van der Waals surface area contributed by atoms with Crippen LogP contribution in [0.2, 0.25) is 0 Å². The van der Waals surface area contributed by atoms with Crippen molar-refractivity contribution < 1.29 is 27.8 Å². The normalized spacial score (nSPS) is 10.6. The fourth-order valence-electron chi connectivity index (χ4n) is 3.89. The van der Waals surface area contributed by atoms with Crippen LogP contribution in [0.1, 0.15) is 102 Å². The number of hydrogen-bond acceptors (Lipinski definition) is 0. The molecular weight excluding hydrogens is 382 g/mol. The van der Waals surface area contributed by atoms with Crippen LogP contribution in [0.25, 0.3) is 0 Å². The lowest BCUT2D eigenvalue weighted by Gasteiger charge is -2.30. The fourth-order valence-corrected chi connectivity index (χ4v) is 3.89. The van der Waals surface area contributed by atoms with Crippen LogP contribution in [-0.4, -0.2) is 36.1 Å². The second-order valence-electron chi connectivity index (χ2n) is 8.90. The Bertz CT molecular complexity index is 426. The second-order valence-corrected chi connectivity index (χ2v) is 8.90. The summed E-state index contributed by atoms with van der Waals surface area (Å²) >= 11 is 0. The summed E-state index contributed by atoms with van der Waals surface area (Å²) in [5, 5.41) is 0. The van der Waals surface area contributed by atoms with E-state index in [0.29, 0.717) is 0 Å². The van der Waals surface area contributed by atoms with E-state index in [1.165, 1.54) is 102 Å². The molecule has 0 bridgehead atoms. The van der Waals surface area contributed by atoms with Crippen molar-refractivity contribution in [2.75, 3.05) is 20.6 Å². The monoisotopic (exact) mass is 431 g/mol. The minimum absolute atomic E-state index is 0. The molecule has 174 valence electrons. The first-order valence-corrected chi connectivity index (χ1v) is 11.5. The maximum absolute atomic E-state index is 2.37. The fraction of sp³-hybridized carbons (Fsp3) is 0.760. The van der Waals surface area contributed by atoms with E-state index >= 15 is 0 Å². The Morgan fingerprint density at radius 3 is 1.38 bits per heavy atom. The van der Waals surface area contributed by atoms with E-state index in [1.54, 1.807) is 0 Å². The van der Waals surface area contributed by atoms with Gasteiger partial charge < -0.3 is 27.8 Å². The molecule has 0 amide bonds. The lowest BCUT2D eigenvalue weighted by Crippen LogP contribution is -3.00. The highest BCUT2D eigenvalue weighted by Gasteiger charge is 2.14. The molecule has 0 unspecified atom stereocenters. The van der Waals surface area contributed by atoms with E-state index < -0.39 is 0 Å². The van der Waals surface area contributed by atoms with Crippen LogP contribution in [-0.2, 0) is 6.54 Å². The predicted octanol–water partition coefficient (Wildman–Crippen LogP) is 3.10. The van der Waals surface area contributed by atoms with Gasteiger partial charge in [-0.3, -0.25) is 0 Å². The Morgan fingerprint density at radius 1 is 0.586 bits per heavy atom. The zero-order valence-corrected chi connectivity index (χ0v) is 20.3. The highest BCUT2D eigenvalue weighted by Crippen LogP contribution is 2.14. The van der Waals surface area contributed by atoms with Gasteiger partial charge in [-0.1, -0.05) is 114 Å². The first-order chi connectivity index (χ1) is 12.6. The van der Waals surface area contributed by atoms with Gasteiger partial charge in [0.15, 0.2) is 0 Å². The molecule has 1 rings (SSSR count). The van der Waals surface area contributed by atoms with Crippen LogP contribution in [0.5, 0.6) is 0 Å². The van der Waals surface area contributed by atoms with Crippen molar-refractivity contribution in [3.8, 4) is 0 Å². The van der Waals surface area contributed by atoms with Crippen LogP contribution in [0.3, 0.4) is 0 Å². The molecular formula is C25H50ClNO2. The molecule has 0 spiro atoms. The summed E-state index contributed by atoms with van der Waals surface area (Å²) in [5.41, 5.74) is 1.46. The summed E-state index contributed by atoms with van der Waals surface area (Å²) in [4.78, 5) is 0. The average molecular weight is 432 g/mol. The van der Waals surface area contributed by atoms with Crippen LogP contribution < -0.4 is 12.4 Å². The van der Waals surface area contributed by atoms with E-state index in [2.05, 4.69) is 51.4 Å². The van der Waals surface area contributed by atoms with Crippen LogP contribution in [0.4, 0.5) is 0 Å². The molecule has 0 aliphatic heterocycles. The molecule has 0 atom stereocenters. The van der Waals surface area contributed by atoms with Crippen molar-refractivity contribution in [2.24, 2.45) is 0 Å². The molecule has 3 nitrogen and oxygen atoms in total. The highest BCUT2D eigenvalue weighted by molar-refractivity contribution is 5.13. The molecule has 0 fully saturated rings. The van der Waals surface area contributed by atoms with Gasteiger partial charge in [-0.2, -0.15) is 0 Å². The topological polar surface area (TPSA) is 63.0 Å². The van der Waals surface area contributed by atoms with Crippen molar-refractivity contribution >= 4 is 0 Å². The van der Waals surface area contributed by atoms with E-state index in [1.807, 2.05) is 0 Å². The summed E-state index contributed by atoms with van der Waals surface area (Å²) < 4.78 is 1.11. The third-order valence-electron chi connectivity index (χ3n) is 5.57. The number of unbranched alkanes of at least 4 members (excludes halogenated alkanes) is 13. The van der Waals surface area contributed by atoms with Crippen molar-refractivity contribution in [3.05, 3.63) is 35.9 Å². The van der Waals surface area contributed by atoms with E-state index in [9.17, 15) is 0 Å². The van der Waals surface area contributed by atoms with Gasteiger partial charge in [-0.15, -0.1) is 0 Å². The van der Waals surface area contributed by atoms with Crippen molar-refractivity contribution in [1.29, 1.82) is 0 Å². The van der Waals surface area contributed by atoms with Crippen LogP contribution >= 0.6 is 0 Å². The van der Waals surface area contributed by atoms with Crippen molar-refractivity contribution in [3.63, 3.8) is 0 Å². The molecule has 0 aliphatic rings. The molecule has 1 aromatic rings. The van der Waals surface area contributed by atoms with E-state index in [0.717, 1.165) is 11.0 Å². The first-order valence-electron chi connectivity index (χ1n) is 11.5. The standard InChI is InChI=1S/C25H46N.ClH.2H2O/c1-4-5-6-7-8-9-10-11-12-13-14-15-16-20-23-26(2,3)24-25-21-18-17-19-22-25;;;/h17-19,21-22H,4-16,20,23-24H2,1-3H3;1H;2*1H2/q+1;;;/p-1. The van der Waals surface area contributed by atoms with Gasteiger partial charge in [0.05, 0.1) is 20.6 Å². The van der Waals surface area contributed by atoms with Gasteiger partial charge in [-0.05, 0) is 12.8 Å². The third kappa shape index (κ3) is 20.4. The Kier molecular flexibility index (Phi) is 25.2. The number of hydrogen-bond donors (Lipinski definition) is 0. The van der Waals surface area contributed by atoms with Gasteiger partial charge >= 0.3 is 0 Å². The molecule has 1 aromatic carbocycles. The summed E-state index contributed by atoms with van der Waals surface area (Å²) in [6.07, 6.45) is 20.2. The molecule has 0 saturated carbocycles. The maximum atomic E-state index is 2.37. The second kappa shape index (κ2) is 22.1. The number of nitrogens with zero attached hydrogens (tertiary/aromatic N) is 1.